The number of aliphatic carboxylic acids is 1. The van der Waals surface area contributed by atoms with Crippen LogP contribution in [0.15, 0.2) is 4.47 Å². The smallest absolute Gasteiger partial charge is 0.310 e. The zero-order valence-corrected chi connectivity index (χ0v) is 14.3. The molecule has 2 rings (SSSR count). The number of aromatic nitrogens is 2. The third-order valence-corrected chi connectivity index (χ3v) is 5.08. The maximum Gasteiger partial charge on any atom is 0.310 e. The fourth-order valence-corrected chi connectivity index (χ4v) is 3.22. The van der Waals surface area contributed by atoms with Crippen molar-refractivity contribution in [2.24, 2.45) is 5.92 Å². The van der Waals surface area contributed by atoms with Crippen molar-refractivity contribution in [3.63, 3.8) is 0 Å². The number of carboxylic acid groups (broad SMARTS) is 1. The van der Waals surface area contributed by atoms with Gasteiger partial charge in [0.05, 0.1) is 35.0 Å². The van der Waals surface area contributed by atoms with Crippen LogP contribution in [0.3, 0.4) is 0 Å². The molecule has 1 aromatic rings. The number of halogens is 1. The molecule has 1 aromatic heterocycles. The van der Waals surface area contributed by atoms with Gasteiger partial charge in [-0.05, 0) is 36.3 Å². The Balaban J connectivity index is 2.21. The van der Waals surface area contributed by atoms with E-state index in [1.807, 2.05) is 18.5 Å². The lowest BCUT2D eigenvalue weighted by atomic mass is 10.0. The number of carboxylic acids is 1. The lowest BCUT2D eigenvalue weighted by molar-refractivity contribution is -0.143. The highest BCUT2D eigenvalue weighted by molar-refractivity contribution is 9.10. The summed E-state index contributed by atoms with van der Waals surface area (Å²) < 4.78 is 8.36. The standard InChI is InChI=1S/C14H22BrN3O3/c1-4-17(12-8-21-7-10(12)14(19)20)6-11-13(15)9(3)16-18(11)5-2/h10,12H,4-8H2,1-3H3,(H,19,20). The van der Waals surface area contributed by atoms with Crippen LogP contribution >= 0.6 is 15.9 Å². The molecule has 2 heterocycles. The monoisotopic (exact) mass is 359 g/mol. The zero-order chi connectivity index (χ0) is 15.6. The first-order chi connectivity index (χ1) is 9.99. The van der Waals surface area contributed by atoms with Crippen LogP contribution < -0.4 is 0 Å². The fourth-order valence-electron chi connectivity index (χ4n) is 2.81. The van der Waals surface area contributed by atoms with Crippen molar-refractivity contribution in [2.75, 3.05) is 19.8 Å². The van der Waals surface area contributed by atoms with E-state index in [1.54, 1.807) is 0 Å². The van der Waals surface area contributed by atoms with Gasteiger partial charge in [-0.25, -0.2) is 0 Å². The van der Waals surface area contributed by atoms with Gasteiger partial charge < -0.3 is 9.84 Å². The third-order valence-electron chi connectivity index (χ3n) is 4.05. The van der Waals surface area contributed by atoms with Gasteiger partial charge in [0.1, 0.15) is 0 Å². The highest BCUT2D eigenvalue weighted by Crippen LogP contribution is 2.26. The largest absolute Gasteiger partial charge is 0.481 e. The molecule has 1 saturated heterocycles. The Morgan fingerprint density at radius 2 is 2.24 bits per heavy atom. The van der Waals surface area contributed by atoms with E-state index in [-0.39, 0.29) is 6.04 Å². The van der Waals surface area contributed by atoms with E-state index < -0.39 is 11.9 Å². The molecule has 0 radical (unpaired) electrons. The molecule has 1 aliphatic heterocycles. The Labute approximate surface area is 133 Å². The molecule has 6 nitrogen and oxygen atoms in total. The molecule has 21 heavy (non-hydrogen) atoms. The fraction of sp³-hybridized carbons (Fsp3) is 0.714. The van der Waals surface area contributed by atoms with Gasteiger partial charge >= 0.3 is 5.97 Å². The molecule has 1 aliphatic rings. The molecule has 0 aromatic carbocycles. The normalized spacial score (nSPS) is 22.1. The van der Waals surface area contributed by atoms with Gasteiger partial charge in [0.25, 0.3) is 0 Å². The average molecular weight is 360 g/mol. The molecule has 118 valence electrons. The quantitative estimate of drug-likeness (QED) is 0.839. The van der Waals surface area contributed by atoms with Crippen LogP contribution in [-0.2, 0) is 22.6 Å². The summed E-state index contributed by atoms with van der Waals surface area (Å²) in [5.41, 5.74) is 2.05. The zero-order valence-electron chi connectivity index (χ0n) is 12.7. The van der Waals surface area contributed by atoms with Gasteiger partial charge in [-0.1, -0.05) is 6.92 Å². The molecule has 0 amide bonds. The van der Waals surface area contributed by atoms with Crippen molar-refractivity contribution in [1.29, 1.82) is 0 Å². The van der Waals surface area contributed by atoms with Crippen LogP contribution in [-0.4, -0.2) is 51.6 Å². The van der Waals surface area contributed by atoms with Crippen LogP contribution in [0.4, 0.5) is 0 Å². The summed E-state index contributed by atoms with van der Waals surface area (Å²) in [4.78, 5) is 13.5. The van der Waals surface area contributed by atoms with E-state index in [0.29, 0.717) is 19.8 Å². The molecule has 1 fully saturated rings. The van der Waals surface area contributed by atoms with Gasteiger partial charge in [0.2, 0.25) is 0 Å². The average Bonchev–Trinajstić information content (AvgIpc) is 3.03. The number of likely N-dealkylation sites (N-methyl/N-ethyl adjacent to an activating group) is 1. The SMILES string of the molecule is CCN(Cc1c(Br)c(C)nn1CC)C1COCC1C(=O)O. The first-order valence-electron chi connectivity index (χ1n) is 7.25. The third kappa shape index (κ3) is 3.30. The van der Waals surface area contributed by atoms with E-state index >= 15 is 0 Å². The van der Waals surface area contributed by atoms with Crippen molar-refractivity contribution in [3.8, 4) is 0 Å². The van der Waals surface area contributed by atoms with Gasteiger partial charge in [0.15, 0.2) is 0 Å². The molecule has 0 aliphatic carbocycles. The summed E-state index contributed by atoms with van der Waals surface area (Å²) in [5, 5.41) is 13.8. The molecule has 2 unspecified atom stereocenters. The Morgan fingerprint density at radius 3 is 2.81 bits per heavy atom. The summed E-state index contributed by atoms with van der Waals surface area (Å²) >= 11 is 3.59. The minimum absolute atomic E-state index is 0.0834. The van der Waals surface area contributed by atoms with Crippen LogP contribution in [0, 0.1) is 12.8 Å². The van der Waals surface area contributed by atoms with Crippen molar-refractivity contribution >= 4 is 21.9 Å². The Morgan fingerprint density at radius 1 is 1.52 bits per heavy atom. The number of ether oxygens (including phenoxy) is 1. The Hall–Kier alpha value is -0.920. The minimum atomic E-state index is -0.782. The Kier molecular flexibility index (Phi) is 5.40. The van der Waals surface area contributed by atoms with Crippen molar-refractivity contribution in [2.45, 2.75) is 39.9 Å². The lowest BCUT2D eigenvalue weighted by Crippen LogP contribution is -2.43. The molecule has 1 N–H and O–H groups in total. The minimum Gasteiger partial charge on any atom is -0.481 e. The van der Waals surface area contributed by atoms with Gasteiger partial charge in [-0.3, -0.25) is 14.4 Å². The van der Waals surface area contributed by atoms with Crippen molar-refractivity contribution in [1.82, 2.24) is 14.7 Å². The predicted molar refractivity (Wildman–Crippen MR) is 82.2 cm³/mol. The summed E-state index contributed by atoms with van der Waals surface area (Å²) in [7, 11) is 0. The summed E-state index contributed by atoms with van der Waals surface area (Å²) in [6.07, 6.45) is 0. The summed E-state index contributed by atoms with van der Waals surface area (Å²) in [5.74, 6) is -1.24. The predicted octanol–water partition coefficient (Wildman–Crippen LogP) is 1.90. The maximum atomic E-state index is 11.3. The molecule has 7 heteroatoms. The van der Waals surface area contributed by atoms with E-state index in [1.165, 1.54) is 0 Å². The molecule has 0 spiro atoms. The van der Waals surface area contributed by atoms with Crippen LogP contribution in [0.25, 0.3) is 0 Å². The van der Waals surface area contributed by atoms with Crippen LogP contribution in [0.1, 0.15) is 25.2 Å². The number of carbonyl (C=O) groups is 1. The number of nitrogens with zero attached hydrogens (tertiary/aromatic N) is 3. The second kappa shape index (κ2) is 6.89. The molecular formula is C14H22BrN3O3. The number of aryl methyl sites for hydroxylation is 2. The molecular weight excluding hydrogens is 338 g/mol. The second-order valence-corrected chi connectivity index (χ2v) is 6.07. The highest BCUT2D eigenvalue weighted by atomic mass is 79.9. The van der Waals surface area contributed by atoms with Crippen LogP contribution in [0.2, 0.25) is 0 Å². The lowest BCUT2D eigenvalue weighted by Gasteiger charge is -2.29. The highest BCUT2D eigenvalue weighted by Gasteiger charge is 2.38. The van der Waals surface area contributed by atoms with E-state index in [4.69, 9.17) is 4.74 Å². The Bertz CT molecular complexity index is 518. The topological polar surface area (TPSA) is 67.6 Å². The summed E-state index contributed by atoms with van der Waals surface area (Å²) in [6.45, 7) is 9.08. The first kappa shape index (κ1) is 16.5. The molecule has 0 bridgehead atoms. The van der Waals surface area contributed by atoms with E-state index in [9.17, 15) is 9.90 Å². The first-order valence-corrected chi connectivity index (χ1v) is 8.05. The molecule has 2 atom stereocenters. The number of rotatable bonds is 6. The van der Waals surface area contributed by atoms with Gasteiger partial charge in [-0.15, -0.1) is 0 Å². The second-order valence-electron chi connectivity index (χ2n) is 5.27. The molecule has 0 saturated carbocycles. The van der Waals surface area contributed by atoms with Crippen molar-refractivity contribution < 1.29 is 14.6 Å². The maximum absolute atomic E-state index is 11.3. The number of hydrogen-bond acceptors (Lipinski definition) is 4. The van der Waals surface area contributed by atoms with Crippen LogP contribution in [0.5, 0.6) is 0 Å². The number of hydrogen-bond donors (Lipinski definition) is 1. The van der Waals surface area contributed by atoms with Crippen molar-refractivity contribution in [3.05, 3.63) is 15.9 Å². The van der Waals surface area contributed by atoms with Gasteiger partial charge in [-0.2, -0.15) is 5.10 Å². The van der Waals surface area contributed by atoms with E-state index in [2.05, 4.69) is 32.9 Å². The van der Waals surface area contributed by atoms with E-state index in [0.717, 1.165) is 29.0 Å². The summed E-state index contributed by atoms with van der Waals surface area (Å²) in [6, 6.07) is -0.0834. The van der Waals surface area contributed by atoms with Gasteiger partial charge in [0, 0.05) is 19.1 Å².